The second-order valence-corrected chi connectivity index (χ2v) is 6.73. The summed E-state index contributed by atoms with van der Waals surface area (Å²) in [6.07, 6.45) is 1.47. The summed E-state index contributed by atoms with van der Waals surface area (Å²) in [6.45, 7) is 11.0. The van der Waals surface area contributed by atoms with Crippen molar-refractivity contribution in [2.45, 2.75) is 52.7 Å². The number of rotatable bonds is 5. The summed E-state index contributed by atoms with van der Waals surface area (Å²) in [6, 6.07) is 6.46. The van der Waals surface area contributed by atoms with Crippen LogP contribution in [0.15, 0.2) is 18.2 Å². The molecule has 2 amide bonds. The van der Waals surface area contributed by atoms with E-state index in [2.05, 4.69) is 49.2 Å². The molecule has 1 aromatic rings. The van der Waals surface area contributed by atoms with Gasteiger partial charge in [-0.1, -0.05) is 32.0 Å². The van der Waals surface area contributed by atoms with E-state index in [0.29, 0.717) is 19.6 Å². The Labute approximate surface area is 145 Å². The number of anilines is 1. The standard InChI is InChI=1S/C19H31N3O2/c1-5-16-8-7-9-17(6-2)18(16)20-19(24)22-11-10-21(13-15(4)23)14(3)12-22/h7-9,14-15,23H,5-6,10-13H2,1-4H3,(H,20,24)/t14-,15-/m0/s1. The average molecular weight is 333 g/mol. The molecule has 1 aliphatic rings. The average Bonchev–Trinajstić information content (AvgIpc) is 2.56. The smallest absolute Gasteiger partial charge is 0.321 e. The van der Waals surface area contributed by atoms with E-state index in [9.17, 15) is 9.90 Å². The lowest BCUT2D eigenvalue weighted by Gasteiger charge is -2.40. The fraction of sp³-hybridized carbons (Fsp3) is 0.632. The number of nitrogens with zero attached hydrogens (tertiary/aromatic N) is 2. The fourth-order valence-corrected chi connectivity index (χ4v) is 3.38. The van der Waals surface area contributed by atoms with Crippen molar-refractivity contribution in [3.63, 3.8) is 0 Å². The van der Waals surface area contributed by atoms with Crippen molar-refractivity contribution in [3.05, 3.63) is 29.3 Å². The molecule has 1 aromatic carbocycles. The van der Waals surface area contributed by atoms with E-state index in [1.807, 2.05) is 4.90 Å². The summed E-state index contributed by atoms with van der Waals surface area (Å²) in [7, 11) is 0. The Hall–Kier alpha value is -1.59. The van der Waals surface area contributed by atoms with Gasteiger partial charge in [-0.25, -0.2) is 4.79 Å². The van der Waals surface area contributed by atoms with E-state index in [4.69, 9.17) is 0 Å². The lowest BCUT2D eigenvalue weighted by Crippen LogP contribution is -2.55. The third-order valence-electron chi connectivity index (χ3n) is 4.78. The van der Waals surface area contributed by atoms with Gasteiger partial charge in [0.05, 0.1) is 6.10 Å². The zero-order valence-electron chi connectivity index (χ0n) is 15.4. The first kappa shape index (κ1) is 18.7. The van der Waals surface area contributed by atoms with E-state index < -0.39 is 0 Å². The molecule has 2 atom stereocenters. The van der Waals surface area contributed by atoms with Crippen LogP contribution in [0.2, 0.25) is 0 Å². The number of aryl methyl sites for hydroxylation is 2. The van der Waals surface area contributed by atoms with Crippen molar-refractivity contribution >= 4 is 11.7 Å². The van der Waals surface area contributed by atoms with Gasteiger partial charge in [0.2, 0.25) is 0 Å². The minimum atomic E-state index is -0.337. The van der Waals surface area contributed by atoms with E-state index in [1.165, 1.54) is 11.1 Å². The molecular formula is C19H31N3O2. The molecule has 0 unspecified atom stereocenters. The molecule has 5 nitrogen and oxygen atoms in total. The molecular weight excluding hydrogens is 302 g/mol. The zero-order chi connectivity index (χ0) is 17.7. The number of aliphatic hydroxyl groups excluding tert-OH is 1. The molecule has 0 aromatic heterocycles. The number of β-amino-alcohol motifs (C(OH)–C–C–N with tert-alkyl or cyclic N) is 1. The number of hydrogen-bond acceptors (Lipinski definition) is 3. The number of carbonyl (C=O) groups is 1. The van der Waals surface area contributed by atoms with Crippen LogP contribution in [0.25, 0.3) is 0 Å². The van der Waals surface area contributed by atoms with Gasteiger partial charge in [-0.2, -0.15) is 0 Å². The summed E-state index contributed by atoms with van der Waals surface area (Å²) in [5.41, 5.74) is 3.35. The third-order valence-corrected chi connectivity index (χ3v) is 4.78. The first-order chi connectivity index (χ1) is 11.5. The molecule has 0 radical (unpaired) electrons. The van der Waals surface area contributed by atoms with Gasteiger partial charge < -0.3 is 15.3 Å². The van der Waals surface area contributed by atoms with Crippen molar-refractivity contribution < 1.29 is 9.90 Å². The molecule has 24 heavy (non-hydrogen) atoms. The molecule has 134 valence electrons. The van der Waals surface area contributed by atoms with Crippen LogP contribution in [0.1, 0.15) is 38.8 Å². The van der Waals surface area contributed by atoms with Gasteiger partial charge in [0, 0.05) is 37.9 Å². The van der Waals surface area contributed by atoms with Gasteiger partial charge in [0.1, 0.15) is 0 Å². The molecule has 2 N–H and O–H groups in total. The third kappa shape index (κ3) is 4.48. The number of urea groups is 1. The normalized spacial score (nSPS) is 20.0. The lowest BCUT2D eigenvalue weighted by atomic mass is 10.0. The number of carbonyl (C=O) groups excluding carboxylic acids is 1. The number of benzene rings is 1. The van der Waals surface area contributed by atoms with Crippen molar-refractivity contribution in [2.75, 3.05) is 31.5 Å². The highest BCUT2D eigenvalue weighted by Crippen LogP contribution is 2.23. The Morgan fingerprint density at radius 1 is 1.29 bits per heavy atom. The van der Waals surface area contributed by atoms with E-state index in [0.717, 1.165) is 25.1 Å². The molecule has 5 heteroatoms. The Kier molecular flexibility index (Phi) is 6.63. The predicted octanol–water partition coefficient (Wildman–Crippen LogP) is 2.73. The van der Waals surface area contributed by atoms with Crippen LogP contribution in [0.3, 0.4) is 0 Å². The maximum Gasteiger partial charge on any atom is 0.321 e. The highest BCUT2D eigenvalue weighted by atomic mass is 16.3. The second kappa shape index (κ2) is 8.49. The van der Waals surface area contributed by atoms with E-state index in [-0.39, 0.29) is 18.2 Å². The maximum atomic E-state index is 12.7. The maximum absolute atomic E-state index is 12.7. The number of hydrogen-bond donors (Lipinski definition) is 2. The molecule has 1 heterocycles. The first-order valence-electron chi connectivity index (χ1n) is 9.05. The minimum absolute atomic E-state index is 0.0193. The molecule has 0 aliphatic carbocycles. The van der Waals surface area contributed by atoms with Crippen molar-refractivity contribution in [3.8, 4) is 0 Å². The molecule has 0 saturated carbocycles. The summed E-state index contributed by atoms with van der Waals surface area (Å²) in [5.74, 6) is 0. The van der Waals surface area contributed by atoms with Crippen molar-refractivity contribution in [1.82, 2.24) is 9.80 Å². The molecule has 2 rings (SSSR count). The highest BCUT2D eigenvalue weighted by Gasteiger charge is 2.27. The zero-order valence-corrected chi connectivity index (χ0v) is 15.4. The summed E-state index contributed by atoms with van der Waals surface area (Å²) in [5, 5.41) is 12.7. The monoisotopic (exact) mass is 333 g/mol. The molecule has 1 saturated heterocycles. The van der Waals surface area contributed by atoms with Gasteiger partial charge in [0.15, 0.2) is 0 Å². The van der Waals surface area contributed by atoms with Gasteiger partial charge in [-0.3, -0.25) is 4.90 Å². The Morgan fingerprint density at radius 2 is 1.92 bits per heavy atom. The van der Waals surface area contributed by atoms with Crippen molar-refractivity contribution in [2.24, 2.45) is 0 Å². The summed E-state index contributed by atoms with van der Waals surface area (Å²) in [4.78, 5) is 16.9. The molecule has 1 fully saturated rings. The topological polar surface area (TPSA) is 55.8 Å². The summed E-state index contributed by atoms with van der Waals surface area (Å²) >= 11 is 0. The van der Waals surface area contributed by atoms with Gasteiger partial charge in [0.25, 0.3) is 0 Å². The minimum Gasteiger partial charge on any atom is -0.392 e. The fourth-order valence-electron chi connectivity index (χ4n) is 3.38. The number of para-hydroxylation sites is 1. The van der Waals surface area contributed by atoms with Crippen LogP contribution < -0.4 is 5.32 Å². The Bertz CT molecular complexity index is 537. The van der Waals surface area contributed by atoms with Crippen molar-refractivity contribution in [1.29, 1.82) is 0 Å². The number of amides is 2. The van der Waals surface area contributed by atoms with Crippen LogP contribution in [0.4, 0.5) is 10.5 Å². The second-order valence-electron chi connectivity index (χ2n) is 6.73. The first-order valence-corrected chi connectivity index (χ1v) is 9.05. The molecule has 1 aliphatic heterocycles. The number of nitrogens with one attached hydrogen (secondary N) is 1. The number of piperazine rings is 1. The Morgan fingerprint density at radius 3 is 2.42 bits per heavy atom. The van der Waals surface area contributed by atoms with E-state index in [1.54, 1.807) is 6.92 Å². The molecule has 0 spiro atoms. The number of aliphatic hydroxyl groups is 1. The van der Waals surface area contributed by atoms with E-state index >= 15 is 0 Å². The quantitative estimate of drug-likeness (QED) is 0.871. The van der Waals surface area contributed by atoms with Gasteiger partial charge in [-0.15, -0.1) is 0 Å². The van der Waals surface area contributed by atoms with Crippen LogP contribution in [0.5, 0.6) is 0 Å². The lowest BCUT2D eigenvalue weighted by molar-refractivity contribution is 0.0590. The molecule has 0 bridgehead atoms. The predicted molar refractivity (Wildman–Crippen MR) is 98.5 cm³/mol. The Balaban J connectivity index is 2.04. The SMILES string of the molecule is CCc1cccc(CC)c1NC(=O)N1CCN(C[C@H](C)O)[C@@H](C)C1. The van der Waals surface area contributed by atoms with Crippen LogP contribution >= 0.6 is 0 Å². The highest BCUT2D eigenvalue weighted by molar-refractivity contribution is 5.91. The van der Waals surface area contributed by atoms with Crippen LogP contribution in [0, 0.1) is 0 Å². The van der Waals surface area contributed by atoms with Gasteiger partial charge >= 0.3 is 6.03 Å². The van der Waals surface area contributed by atoms with Crippen LogP contribution in [-0.2, 0) is 12.8 Å². The largest absolute Gasteiger partial charge is 0.392 e. The van der Waals surface area contributed by atoms with Crippen LogP contribution in [-0.4, -0.2) is 59.3 Å². The summed E-state index contributed by atoms with van der Waals surface area (Å²) < 4.78 is 0. The van der Waals surface area contributed by atoms with Gasteiger partial charge in [-0.05, 0) is 37.8 Å².